The fourth-order valence-electron chi connectivity index (χ4n) is 2.24. The zero-order valence-corrected chi connectivity index (χ0v) is 10.7. The van der Waals surface area contributed by atoms with Gasteiger partial charge in [-0.05, 0) is 38.5 Å². The lowest BCUT2D eigenvalue weighted by atomic mass is 9.92. The molecule has 2 heteroatoms. The van der Waals surface area contributed by atoms with Gasteiger partial charge in [-0.1, -0.05) is 17.7 Å². The Morgan fingerprint density at radius 1 is 1.33 bits per heavy atom. The average Bonchev–Trinajstić information content (AvgIpc) is 2.13. The highest BCUT2D eigenvalue weighted by molar-refractivity contribution is 8.01. The standard InChI is InChI=1S/C13H18OS/c1-9-7-10(2)12(14-4)11(8-9)13(3)5-6-15-13/h7-8H,5-6H2,1-4H3. The Kier molecular flexibility index (Phi) is 2.72. The summed E-state index contributed by atoms with van der Waals surface area (Å²) in [5.41, 5.74) is 3.96. The molecule has 0 bridgehead atoms. The number of aryl methyl sites for hydroxylation is 2. The van der Waals surface area contributed by atoms with Crippen molar-refractivity contribution in [1.82, 2.24) is 0 Å². The third kappa shape index (κ3) is 1.76. The molecular weight excluding hydrogens is 204 g/mol. The van der Waals surface area contributed by atoms with Crippen LogP contribution in [0.3, 0.4) is 0 Å². The highest BCUT2D eigenvalue weighted by Gasteiger charge is 2.37. The lowest BCUT2D eigenvalue weighted by molar-refractivity contribution is 0.398. The summed E-state index contributed by atoms with van der Waals surface area (Å²) in [7, 11) is 1.77. The van der Waals surface area contributed by atoms with Gasteiger partial charge in [-0.2, -0.15) is 11.8 Å². The molecule has 1 heterocycles. The number of benzene rings is 1. The van der Waals surface area contributed by atoms with Crippen LogP contribution in [0.5, 0.6) is 5.75 Å². The van der Waals surface area contributed by atoms with Crippen LogP contribution in [-0.4, -0.2) is 12.9 Å². The second-order valence-electron chi connectivity index (χ2n) is 4.49. The van der Waals surface area contributed by atoms with Crippen LogP contribution >= 0.6 is 11.8 Å². The maximum Gasteiger partial charge on any atom is 0.126 e. The average molecular weight is 222 g/mol. The summed E-state index contributed by atoms with van der Waals surface area (Å²) in [5.74, 6) is 2.35. The number of rotatable bonds is 2. The summed E-state index contributed by atoms with van der Waals surface area (Å²) in [6, 6.07) is 4.47. The largest absolute Gasteiger partial charge is 0.496 e. The number of hydrogen-bond acceptors (Lipinski definition) is 2. The molecule has 1 aliphatic heterocycles. The lowest BCUT2D eigenvalue weighted by Crippen LogP contribution is -2.28. The van der Waals surface area contributed by atoms with E-state index < -0.39 is 0 Å². The second-order valence-corrected chi connectivity index (χ2v) is 6.09. The number of thioether (sulfide) groups is 1. The molecule has 1 aliphatic rings. The normalized spacial score (nSPS) is 24.8. The predicted molar refractivity (Wildman–Crippen MR) is 66.9 cm³/mol. The van der Waals surface area contributed by atoms with Crippen LogP contribution in [0.25, 0.3) is 0 Å². The van der Waals surface area contributed by atoms with Crippen LogP contribution < -0.4 is 4.74 Å². The molecule has 0 N–H and O–H groups in total. The zero-order valence-electron chi connectivity index (χ0n) is 9.89. The van der Waals surface area contributed by atoms with E-state index in [2.05, 4.69) is 32.9 Å². The molecule has 1 unspecified atom stereocenters. The van der Waals surface area contributed by atoms with Crippen LogP contribution in [0.15, 0.2) is 12.1 Å². The van der Waals surface area contributed by atoms with Gasteiger partial charge in [0.25, 0.3) is 0 Å². The van der Waals surface area contributed by atoms with E-state index in [0.717, 1.165) is 5.75 Å². The van der Waals surface area contributed by atoms with E-state index in [1.54, 1.807) is 7.11 Å². The lowest BCUT2D eigenvalue weighted by Gasteiger charge is -2.39. The molecule has 0 aliphatic carbocycles. The summed E-state index contributed by atoms with van der Waals surface area (Å²) in [4.78, 5) is 0. The Labute approximate surface area is 96.2 Å². The molecule has 1 saturated heterocycles. The highest BCUT2D eigenvalue weighted by atomic mass is 32.2. The van der Waals surface area contributed by atoms with Gasteiger partial charge in [-0.15, -0.1) is 0 Å². The molecule has 1 fully saturated rings. The summed E-state index contributed by atoms with van der Waals surface area (Å²) >= 11 is 2.03. The van der Waals surface area contributed by atoms with E-state index in [9.17, 15) is 0 Å². The maximum absolute atomic E-state index is 5.54. The van der Waals surface area contributed by atoms with E-state index in [1.807, 2.05) is 11.8 Å². The predicted octanol–water partition coefficient (Wildman–Crippen LogP) is 3.66. The van der Waals surface area contributed by atoms with Crippen LogP contribution in [0.1, 0.15) is 30.0 Å². The van der Waals surface area contributed by atoms with Crippen molar-refractivity contribution < 1.29 is 4.74 Å². The van der Waals surface area contributed by atoms with Crippen molar-refractivity contribution in [3.05, 3.63) is 28.8 Å². The minimum Gasteiger partial charge on any atom is -0.496 e. The molecule has 0 spiro atoms. The molecule has 2 rings (SSSR count). The summed E-state index contributed by atoms with van der Waals surface area (Å²) in [5, 5.41) is 0. The molecule has 0 radical (unpaired) electrons. The number of methoxy groups -OCH3 is 1. The van der Waals surface area contributed by atoms with Gasteiger partial charge in [-0.3, -0.25) is 0 Å². The van der Waals surface area contributed by atoms with Gasteiger partial charge >= 0.3 is 0 Å². The Morgan fingerprint density at radius 2 is 2.00 bits per heavy atom. The molecule has 1 atom stereocenters. The van der Waals surface area contributed by atoms with Crippen LogP contribution in [0.2, 0.25) is 0 Å². The zero-order chi connectivity index (χ0) is 11.1. The molecule has 0 saturated carbocycles. The summed E-state index contributed by atoms with van der Waals surface area (Å²) < 4.78 is 5.82. The Hall–Kier alpha value is -0.630. The van der Waals surface area contributed by atoms with Crippen molar-refractivity contribution >= 4 is 11.8 Å². The third-order valence-electron chi connectivity index (χ3n) is 3.19. The third-order valence-corrected chi connectivity index (χ3v) is 4.66. The van der Waals surface area contributed by atoms with Crippen molar-refractivity contribution in [2.45, 2.75) is 31.9 Å². The quantitative estimate of drug-likeness (QED) is 0.755. The van der Waals surface area contributed by atoms with E-state index >= 15 is 0 Å². The van der Waals surface area contributed by atoms with Crippen LogP contribution in [-0.2, 0) is 4.75 Å². The van der Waals surface area contributed by atoms with E-state index in [-0.39, 0.29) is 4.75 Å². The first-order valence-electron chi connectivity index (χ1n) is 5.36. The molecule has 0 aromatic heterocycles. The molecule has 1 aromatic rings. The Morgan fingerprint density at radius 3 is 2.47 bits per heavy atom. The van der Waals surface area contributed by atoms with Gasteiger partial charge in [-0.25, -0.2) is 0 Å². The first-order valence-corrected chi connectivity index (χ1v) is 6.35. The van der Waals surface area contributed by atoms with Gasteiger partial charge < -0.3 is 4.74 Å². The molecule has 82 valence electrons. The molecular formula is C13H18OS. The smallest absolute Gasteiger partial charge is 0.126 e. The van der Waals surface area contributed by atoms with Gasteiger partial charge in [0.15, 0.2) is 0 Å². The molecule has 1 nitrogen and oxygen atoms in total. The van der Waals surface area contributed by atoms with E-state index in [1.165, 1.54) is 28.9 Å². The van der Waals surface area contributed by atoms with E-state index in [4.69, 9.17) is 4.74 Å². The monoisotopic (exact) mass is 222 g/mol. The van der Waals surface area contributed by atoms with Gasteiger partial charge in [0.1, 0.15) is 5.75 Å². The van der Waals surface area contributed by atoms with Crippen molar-refractivity contribution in [2.75, 3.05) is 12.9 Å². The van der Waals surface area contributed by atoms with E-state index in [0.29, 0.717) is 0 Å². The van der Waals surface area contributed by atoms with Crippen molar-refractivity contribution in [3.8, 4) is 5.75 Å². The summed E-state index contributed by atoms with van der Waals surface area (Å²) in [6.07, 6.45) is 1.26. The van der Waals surface area contributed by atoms with Crippen molar-refractivity contribution in [1.29, 1.82) is 0 Å². The second kappa shape index (κ2) is 3.75. The SMILES string of the molecule is COc1c(C)cc(C)cc1C1(C)CCS1. The number of hydrogen-bond donors (Lipinski definition) is 0. The topological polar surface area (TPSA) is 9.23 Å². The number of ether oxygens (including phenoxy) is 1. The highest BCUT2D eigenvalue weighted by Crippen LogP contribution is 2.52. The fourth-order valence-corrected chi connectivity index (χ4v) is 3.36. The minimum absolute atomic E-state index is 0.280. The maximum atomic E-state index is 5.54. The first kappa shape index (κ1) is 10.9. The molecule has 15 heavy (non-hydrogen) atoms. The first-order chi connectivity index (χ1) is 7.07. The van der Waals surface area contributed by atoms with Gasteiger partial charge in [0.2, 0.25) is 0 Å². The van der Waals surface area contributed by atoms with Crippen LogP contribution in [0.4, 0.5) is 0 Å². The molecule has 0 amide bonds. The van der Waals surface area contributed by atoms with Crippen molar-refractivity contribution in [3.63, 3.8) is 0 Å². The minimum atomic E-state index is 0.280. The summed E-state index contributed by atoms with van der Waals surface area (Å²) in [6.45, 7) is 6.60. The van der Waals surface area contributed by atoms with Gasteiger partial charge in [0, 0.05) is 10.3 Å². The van der Waals surface area contributed by atoms with Crippen LogP contribution in [0, 0.1) is 13.8 Å². The fraction of sp³-hybridized carbons (Fsp3) is 0.538. The molecule has 1 aromatic carbocycles. The van der Waals surface area contributed by atoms with Crippen molar-refractivity contribution in [2.24, 2.45) is 0 Å². The van der Waals surface area contributed by atoms with Gasteiger partial charge in [0.05, 0.1) is 7.11 Å². The Balaban J connectivity index is 2.53. The Bertz CT molecular complexity index is 380.